The van der Waals surface area contributed by atoms with E-state index in [0.29, 0.717) is 11.3 Å². The van der Waals surface area contributed by atoms with Gasteiger partial charge >= 0.3 is 12.2 Å². The van der Waals surface area contributed by atoms with E-state index in [1.807, 2.05) is 0 Å². The van der Waals surface area contributed by atoms with Crippen LogP contribution in [0.5, 0.6) is 0 Å². The molecule has 4 rings (SSSR count). The van der Waals surface area contributed by atoms with E-state index in [4.69, 9.17) is 0 Å². The van der Waals surface area contributed by atoms with Crippen molar-refractivity contribution in [1.82, 2.24) is 10.6 Å². The first-order chi connectivity index (χ1) is 16.6. The first-order valence-corrected chi connectivity index (χ1v) is 10.6. The number of hydrogen-bond donors (Lipinski definition) is 2. The van der Waals surface area contributed by atoms with E-state index in [0.717, 1.165) is 12.1 Å². The second-order valence-electron chi connectivity index (χ2n) is 7.80. The van der Waals surface area contributed by atoms with Crippen molar-refractivity contribution in [1.29, 1.82) is 0 Å². The Balaban J connectivity index is 1.59. The Labute approximate surface area is 198 Å². The van der Waals surface area contributed by atoms with Crippen LogP contribution in [0.4, 0.5) is 28.0 Å². The van der Waals surface area contributed by atoms with Gasteiger partial charge in [0.1, 0.15) is 5.82 Å². The monoisotopic (exact) mass is 484 g/mol. The predicted molar refractivity (Wildman–Crippen MR) is 122 cm³/mol. The van der Waals surface area contributed by atoms with Gasteiger partial charge in [-0.25, -0.2) is 14.2 Å². The summed E-state index contributed by atoms with van der Waals surface area (Å²) in [5.41, 5.74) is 0.700. The predicted octanol–water partition coefficient (Wildman–Crippen LogP) is 4.48. The van der Waals surface area contributed by atoms with Crippen LogP contribution in [0.15, 0.2) is 77.8 Å². The van der Waals surface area contributed by atoms with Crippen molar-refractivity contribution < 1.29 is 27.2 Å². The molecule has 3 aromatic carbocycles. The second kappa shape index (κ2) is 9.57. The fraction of sp³-hybridized carbons (Fsp3) is 0.160. The number of anilines is 1. The number of benzodiazepines with no additional fused rings is 1. The van der Waals surface area contributed by atoms with Crippen LogP contribution in [-0.2, 0) is 17.5 Å². The quantitative estimate of drug-likeness (QED) is 0.536. The molecule has 0 bridgehead atoms. The lowest BCUT2D eigenvalue weighted by Crippen LogP contribution is -2.49. The molecular weight excluding hydrogens is 464 g/mol. The fourth-order valence-corrected chi connectivity index (χ4v) is 3.70. The number of hydrogen-bond acceptors (Lipinski definition) is 3. The van der Waals surface area contributed by atoms with Crippen LogP contribution in [0.2, 0.25) is 0 Å². The Kier molecular flexibility index (Phi) is 6.54. The average Bonchev–Trinajstić information content (AvgIpc) is 2.94. The second-order valence-corrected chi connectivity index (χ2v) is 7.80. The summed E-state index contributed by atoms with van der Waals surface area (Å²) < 4.78 is 53.4. The zero-order chi connectivity index (χ0) is 25.2. The first-order valence-electron chi connectivity index (χ1n) is 10.6. The van der Waals surface area contributed by atoms with Gasteiger partial charge in [0.05, 0.1) is 17.0 Å². The number of nitrogens with one attached hydrogen (secondary N) is 2. The Morgan fingerprint density at radius 3 is 2.40 bits per heavy atom. The number of urea groups is 1. The topological polar surface area (TPSA) is 73.8 Å². The first kappa shape index (κ1) is 23.9. The number of rotatable bonds is 4. The summed E-state index contributed by atoms with van der Waals surface area (Å²) in [4.78, 5) is 31.3. The summed E-state index contributed by atoms with van der Waals surface area (Å²) in [5, 5.41) is 4.87. The number of nitrogens with zero attached hydrogens (tertiary/aromatic N) is 2. The number of benzene rings is 3. The molecule has 0 saturated carbocycles. The number of amides is 3. The van der Waals surface area contributed by atoms with Crippen molar-refractivity contribution in [3.8, 4) is 0 Å². The van der Waals surface area contributed by atoms with E-state index < -0.39 is 35.7 Å². The van der Waals surface area contributed by atoms with Gasteiger partial charge in [-0.2, -0.15) is 13.2 Å². The molecule has 0 aromatic heterocycles. The summed E-state index contributed by atoms with van der Waals surface area (Å²) >= 11 is 0. The molecule has 10 heteroatoms. The highest BCUT2D eigenvalue weighted by Gasteiger charge is 2.32. The van der Waals surface area contributed by atoms with Crippen LogP contribution in [0.25, 0.3) is 0 Å². The van der Waals surface area contributed by atoms with Gasteiger partial charge in [-0.15, -0.1) is 0 Å². The smallest absolute Gasteiger partial charge is 0.334 e. The van der Waals surface area contributed by atoms with Gasteiger partial charge in [-0.1, -0.05) is 42.5 Å². The van der Waals surface area contributed by atoms with E-state index in [1.165, 1.54) is 42.3 Å². The molecule has 1 heterocycles. The maximum Gasteiger partial charge on any atom is 0.416 e. The van der Waals surface area contributed by atoms with Gasteiger partial charge in [-0.05, 0) is 35.9 Å². The molecule has 180 valence electrons. The van der Waals surface area contributed by atoms with E-state index in [9.17, 15) is 27.2 Å². The molecule has 1 atom stereocenters. The number of alkyl halides is 3. The van der Waals surface area contributed by atoms with Crippen molar-refractivity contribution in [2.24, 2.45) is 4.99 Å². The lowest BCUT2D eigenvalue weighted by Gasteiger charge is -2.21. The highest BCUT2D eigenvalue weighted by atomic mass is 19.4. The molecule has 3 aromatic rings. The van der Waals surface area contributed by atoms with Gasteiger partial charge in [0, 0.05) is 24.7 Å². The van der Waals surface area contributed by atoms with E-state index in [-0.39, 0.29) is 23.4 Å². The van der Waals surface area contributed by atoms with Gasteiger partial charge in [0.15, 0.2) is 0 Å². The van der Waals surface area contributed by atoms with Crippen LogP contribution in [0.3, 0.4) is 0 Å². The normalized spacial score (nSPS) is 15.7. The maximum absolute atomic E-state index is 14.7. The number of fused-ring (bicyclic) bond motifs is 1. The van der Waals surface area contributed by atoms with E-state index >= 15 is 0 Å². The molecule has 1 aliphatic heterocycles. The Morgan fingerprint density at radius 1 is 1.00 bits per heavy atom. The minimum absolute atomic E-state index is 0.152. The summed E-state index contributed by atoms with van der Waals surface area (Å²) in [6.07, 6.45) is -5.91. The van der Waals surface area contributed by atoms with Gasteiger partial charge in [0.25, 0.3) is 5.91 Å². The number of carbonyl (C=O) groups excluding carboxylic acids is 2. The molecule has 0 spiro atoms. The van der Waals surface area contributed by atoms with Crippen LogP contribution in [-0.4, -0.2) is 30.9 Å². The van der Waals surface area contributed by atoms with Crippen molar-refractivity contribution in [2.75, 3.05) is 11.9 Å². The van der Waals surface area contributed by atoms with Crippen molar-refractivity contribution >= 4 is 23.3 Å². The lowest BCUT2D eigenvalue weighted by molar-refractivity contribution is -0.137. The van der Waals surface area contributed by atoms with Crippen LogP contribution in [0, 0.1) is 5.82 Å². The molecule has 6 nitrogen and oxygen atoms in total. The molecular formula is C25H20F4N4O2. The third-order valence-corrected chi connectivity index (χ3v) is 5.45. The third kappa shape index (κ3) is 5.16. The molecule has 3 amide bonds. The van der Waals surface area contributed by atoms with Crippen LogP contribution >= 0.6 is 0 Å². The molecule has 0 saturated heterocycles. The van der Waals surface area contributed by atoms with Crippen molar-refractivity contribution in [3.63, 3.8) is 0 Å². The largest absolute Gasteiger partial charge is 0.416 e. The average molecular weight is 484 g/mol. The zero-order valence-electron chi connectivity index (χ0n) is 18.4. The lowest BCUT2D eigenvalue weighted by atomic mass is 10.00. The summed E-state index contributed by atoms with van der Waals surface area (Å²) in [6, 6.07) is 16.5. The highest BCUT2D eigenvalue weighted by molar-refractivity contribution is 6.20. The van der Waals surface area contributed by atoms with Crippen molar-refractivity contribution in [3.05, 3.63) is 101 Å². The third-order valence-electron chi connectivity index (χ3n) is 5.45. The Morgan fingerprint density at radius 2 is 1.69 bits per heavy atom. The molecule has 2 N–H and O–H groups in total. The number of halogens is 4. The van der Waals surface area contributed by atoms with Gasteiger partial charge < -0.3 is 15.5 Å². The number of aliphatic imine (C=N–C) groups is 1. The van der Waals surface area contributed by atoms with Crippen LogP contribution < -0.4 is 15.5 Å². The summed E-state index contributed by atoms with van der Waals surface area (Å²) in [6.45, 7) is -0.212. The summed E-state index contributed by atoms with van der Waals surface area (Å²) in [5.74, 6) is -1.12. The van der Waals surface area contributed by atoms with E-state index in [2.05, 4.69) is 15.6 Å². The molecule has 0 radical (unpaired) electrons. The van der Waals surface area contributed by atoms with E-state index in [1.54, 1.807) is 30.3 Å². The Hall–Kier alpha value is -4.21. The van der Waals surface area contributed by atoms with Crippen LogP contribution in [0.1, 0.15) is 22.3 Å². The van der Waals surface area contributed by atoms with Gasteiger partial charge in [-0.3, -0.25) is 4.79 Å². The highest BCUT2D eigenvalue weighted by Crippen LogP contribution is 2.30. The van der Waals surface area contributed by atoms with Gasteiger partial charge in [0.2, 0.25) is 6.17 Å². The zero-order valence-corrected chi connectivity index (χ0v) is 18.4. The minimum Gasteiger partial charge on any atom is -0.334 e. The fourth-order valence-electron chi connectivity index (χ4n) is 3.70. The minimum atomic E-state index is -4.51. The molecule has 0 fully saturated rings. The number of para-hydroxylation sites is 1. The Bertz CT molecular complexity index is 1310. The standard InChI is InChI=1S/C25H20F4N4O2/c1-33-20-12-5-3-10-18(20)21(17-9-2-4-11-19(17)26)31-22(23(33)34)32-24(35)30-14-15-7-6-8-16(13-15)25(27,28)29/h2-13,22H,14H2,1H3,(H2,30,32,35). The van der Waals surface area contributed by atoms with Crippen molar-refractivity contribution in [2.45, 2.75) is 18.9 Å². The molecule has 1 unspecified atom stereocenters. The maximum atomic E-state index is 14.7. The molecule has 0 aliphatic carbocycles. The number of likely N-dealkylation sites (N-methyl/N-ethyl adjacent to an activating group) is 1. The summed E-state index contributed by atoms with van der Waals surface area (Å²) in [7, 11) is 1.51. The molecule has 1 aliphatic rings. The molecule has 35 heavy (non-hydrogen) atoms. The SMILES string of the molecule is CN1C(=O)C(NC(=O)NCc2cccc(C(F)(F)F)c2)N=C(c2ccccc2F)c2ccccc21. The number of carbonyl (C=O) groups is 2.